The third-order valence-corrected chi connectivity index (χ3v) is 4.05. The molecule has 0 amide bonds. The number of unbranched alkanes of at least 4 members (excludes halogenated alkanes) is 5. The summed E-state index contributed by atoms with van der Waals surface area (Å²) in [5.74, 6) is 0.800. The molecule has 0 aromatic rings. The van der Waals surface area contributed by atoms with Gasteiger partial charge in [0.1, 0.15) is 0 Å². The Balaban J connectivity index is 3.77. The Labute approximate surface area is 122 Å². The Morgan fingerprint density at radius 3 is 1.88 bits per heavy atom. The predicted octanol–water partition coefficient (Wildman–Crippen LogP) is 6.77. The lowest BCUT2D eigenvalue weighted by Crippen LogP contribution is -2.21. The summed E-state index contributed by atoms with van der Waals surface area (Å²) in [4.78, 5) is 0. The molecule has 1 unspecified atom stereocenters. The van der Waals surface area contributed by atoms with Crippen molar-refractivity contribution in [1.82, 2.24) is 0 Å². The van der Waals surface area contributed by atoms with Gasteiger partial charge in [-0.1, -0.05) is 94.1 Å². The second-order valence-corrected chi connectivity index (χ2v) is 7.79. The molecule has 0 aliphatic heterocycles. The molecule has 0 bridgehead atoms. The van der Waals surface area contributed by atoms with Crippen LogP contribution in [-0.2, 0) is 0 Å². The van der Waals surface area contributed by atoms with E-state index in [0.717, 1.165) is 12.8 Å². The maximum atomic E-state index is 6.04. The highest BCUT2D eigenvalue weighted by atomic mass is 35.6. The molecule has 0 aromatic heterocycles. The van der Waals surface area contributed by atoms with Gasteiger partial charge in [-0.2, -0.15) is 0 Å². The van der Waals surface area contributed by atoms with Crippen molar-refractivity contribution in [3.63, 3.8) is 0 Å². The molecule has 1 atom stereocenters. The van der Waals surface area contributed by atoms with Gasteiger partial charge in [0, 0.05) is 5.92 Å². The fourth-order valence-corrected chi connectivity index (χ4v) is 2.75. The van der Waals surface area contributed by atoms with E-state index in [1.807, 2.05) is 0 Å². The normalized spacial score (nSPS) is 14.3. The zero-order valence-electron chi connectivity index (χ0n) is 11.4. The highest BCUT2D eigenvalue weighted by Crippen LogP contribution is 2.41. The van der Waals surface area contributed by atoms with E-state index in [4.69, 9.17) is 34.8 Å². The van der Waals surface area contributed by atoms with E-state index < -0.39 is 3.79 Å². The first-order valence-electron chi connectivity index (χ1n) is 6.94. The third-order valence-electron chi connectivity index (χ3n) is 3.12. The average molecular weight is 302 g/mol. The van der Waals surface area contributed by atoms with Gasteiger partial charge in [0.2, 0.25) is 0 Å². The lowest BCUT2D eigenvalue weighted by Gasteiger charge is -2.26. The van der Waals surface area contributed by atoms with E-state index in [2.05, 4.69) is 20.8 Å². The van der Waals surface area contributed by atoms with Crippen LogP contribution in [0.15, 0.2) is 0 Å². The van der Waals surface area contributed by atoms with Gasteiger partial charge >= 0.3 is 0 Å². The monoisotopic (exact) mass is 300 g/mol. The molecule has 0 saturated carbocycles. The summed E-state index contributed by atoms with van der Waals surface area (Å²) in [6, 6.07) is 0. The summed E-state index contributed by atoms with van der Waals surface area (Å²) in [7, 11) is 0. The molecule has 104 valence electrons. The fourth-order valence-electron chi connectivity index (χ4n) is 2.16. The van der Waals surface area contributed by atoms with E-state index >= 15 is 0 Å². The maximum Gasteiger partial charge on any atom is 0.193 e. The molecular formula is C14H27Cl3. The van der Waals surface area contributed by atoms with Crippen molar-refractivity contribution >= 4 is 34.8 Å². The highest BCUT2D eigenvalue weighted by Gasteiger charge is 2.32. The fraction of sp³-hybridized carbons (Fsp3) is 1.00. The van der Waals surface area contributed by atoms with Crippen molar-refractivity contribution in [1.29, 1.82) is 0 Å². The Bertz CT molecular complexity index is 173. The van der Waals surface area contributed by atoms with E-state index in [-0.39, 0.29) is 5.92 Å². The van der Waals surface area contributed by atoms with Gasteiger partial charge in [-0.05, 0) is 18.8 Å². The van der Waals surface area contributed by atoms with Crippen LogP contribution in [0.5, 0.6) is 0 Å². The Kier molecular flexibility index (Phi) is 10.3. The van der Waals surface area contributed by atoms with Crippen molar-refractivity contribution in [3.05, 3.63) is 0 Å². The quantitative estimate of drug-likeness (QED) is 0.325. The summed E-state index contributed by atoms with van der Waals surface area (Å²) < 4.78 is -1.09. The highest BCUT2D eigenvalue weighted by molar-refractivity contribution is 6.67. The van der Waals surface area contributed by atoms with E-state index in [0.29, 0.717) is 5.92 Å². The minimum atomic E-state index is -1.09. The van der Waals surface area contributed by atoms with Gasteiger partial charge in [0.05, 0.1) is 0 Å². The maximum absolute atomic E-state index is 6.04. The molecule has 0 spiro atoms. The Hall–Kier alpha value is 0.870. The standard InChI is InChI=1S/C14H27Cl3/c1-4-5-6-7-8-9-10-13(11-12(2)3)14(15,16)17/h12-13H,4-11H2,1-3H3. The van der Waals surface area contributed by atoms with Crippen LogP contribution in [-0.4, -0.2) is 3.79 Å². The summed E-state index contributed by atoms with van der Waals surface area (Å²) >= 11 is 18.1. The third kappa shape index (κ3) is 10.5. The largest absolute Gasteiger partial charge is 0.193 e. The molecule has 3 heteroatoms. The van der Waals surface area contributed by atoms with Crippen molar-refractivity contribution in [2.24, 2.45) is 11.8 Å². The second kappa shape index (κ2) is 9.75. The average Bonchev–Trinajstić information content (AvgIpc) is 2.19. The molecule has 0 N–H and O–H groups in total. The minimum absolute atomic E-state index is 0.207. The number of hydrogen-bond acceptors (Lipinski definition) is 0. The number of hydrogen-bond donors (Lipinski definition) is 0. The molecule has 17 heavy (non-hydrogen) atoms. The molecule has 0 aromatic carbocycles. The lowest BCUT2D eigenvalue weighted by atomic mass is 9.93. The van der Waals surface area contributed by atoms with Crippen LogP contribution in [0.25, 0.3) is 0 Å². The number of halogens is 3. The number of alkyl halides is 3. The number of rotatable bonds is 9. The van der Waals surface area contributed by atoms with Gasteiger partial charge in [-0.25, -0.2) is 0 Å². The molecule has 0 aliphatic carbocycles. The minimum Gasteiger partial charge on any atom is -0.0834 e. The van der Waals surface area contributed by atoms with Crippen LogP contribution >= 0.6 is 34.8 Å². The van der Waals surface area contributed by atoms with Crippen LogP contribution in [0.4, 0.5) is 0 Å². The van der Waals surface area contributed by atoms with Crippen molar-refractivity contribution in [2.45, 2.75) is 75.9 Å². The van der Waals surface area contributed by atoms with Gasteiger partial charge < -0.3 is 0 Å². The molecule has 0 heterocycles. The molecule has 0 fully saturated rings. The topological polar surface area (TPSA) is 0 Å². The molecular weight excluding hydrogens is 275 g/mol. The van der Waals surface area contributed by atoms with Crippen LogP contribution < -0.4 is 0 Å². The van der Waals surface area contributed by atoms with Gasteiger partial charge in [-0.15, -0.1) is 0 Å². The van der Waals surface area contributed by atoms with Crippen molar-refractivity contribution in [2.75, 3.05) is 0 Å². The van der Waals surface area contributed by atoms with E-state index in [9.17, 15) is 0 Å². The first-order valence-corrected chi connectivity index (χ1v) is 8.08. The van der Waals surface area contributed by atoms with E-state index in [1.165, 1.54) is 38.5 Å². The lowest BCUT2D eigenvalue weighted by molar-refractivity contribution is 0.375. The van der Waals surface area contributed by atoms with Gasteiger partial charge in [0.25, 0.3) is 0 Å². The van der Waals surface area contributed by atoms with Gasteiger partial charge in [-0.3, -0.25) is 0 Å². The first kappa shape index (κ1) is 17.9. The summed E-state index contributed by atoms with van der Waals surface area (Å²) in [5.41, 5.74) is 0. The molecule has 0 rings (SSSR count). The van der Waals surface area contributed by atoms with Crippen molar-refractivity contribution in [3.8, 4) is 0 Å². The zero-order chi connectivity index (χ0) is 13.3. The van der Waals surface area contributed by atoms with Crippen LogP contribution in [0.1, 0.15) is 72.1 Å². The zero-order valence-corrected chi connectivity index (χ0v) is 13.7. The smallest absolute Gasteiger partial charge is 0.0834 e. The summed E-state index contributed by atoms with van der Waals surface area (Å²) in [6.45, 7) is 6.61. The summed E-state index contributed by atoms with van der Waals surface area (Å²) in [5, 5.41) is 0. The van der Waals surface area contributed by atoms with Crippen molar-refractivity contribution < 1.29 is 0 Å². The van der Waals surface area contributed by atoms with Gasteiger partial charge in [0.15, 0.2) is 3.79 Å². The first-order chi connectivity index (χ1) is 7.88. The van der Waals surface area contributed by atoms with E-state index in [1.54, 1.807) is 0 Å². The SMILES string of the molecule is CCCCCCCCC(CC(C)C)C(Cl)(Cl)Cl. The summed E-state index contributed by atoms with van der Waals surface area (Å²) in [6.07, 6.45) is 9.82. The van der Waals surface area contributed by atoms with Crippen LogP contribution in [0.3, 0.4) is 0 Å². The predicted molar refractivity (Wildman–Crippen MR) is 81.2 cm³/mol. The Morgan fingerprint density at radius 2 is 1.41 bits per heavy atom. The molecule has 0 radical (unpaired) electrons. The van der Waals surface area contributed by atoms with Crippen LogP contribution in [0.2, 0.25) is 0 Å². The molecule has 0 aliphatic rings. The molecule has 0 saturated heterocycles. The molecule has 0 nitrogen and oxygen atoms in total. The Morgan fingerprint density at radius 1 is 0.882 bits per heavy atom. The second-order valence-electron chi connectivity index (χ2n) is 5.42. The van der Waals surface area contributed by atoms with Crippen LogP contribution in [0, 0.1) is 11.8 Å².